The molecule has 0 bridgehead atoms. The zero-order chi connectivity index (χ0) is 13.7. The molecule has 0 aliphatic carbocycles. The van der Waals surface area contributed by atoms with Crippen LogP contribution in [-0.2, 0) is 0 Å². The van der Waals surface area contributed by atoms with Gasteiger partial charge in [-0.05, 0) is 0 Å². The van der Waals surface area contributed by atoms with Crippen molar-refractivity contribution in [2.45, 2.75) is 0 Å². The number of rotatable bonds is 0. The van der Waals surface area contributed by atoms with E-state index in [1.807, 2.05) is 0 Å². The third-order valence-electron chi connectivity index (χ3n) is 1.46. The van der Waals surface area contributed by atoms with Crippen molar-refractivity contribution in [1.29, 1.82) is 0 Å². The number of hydrazine groups is 2. The van der Waals surface area contributed by atoms with Crippen molar-refractivity contribution >= 4 is 23.7 Å². The molecule has 0 saturated carbocycles. The van der Waals surface area contributed by atoms with E-state index in [0.29, 0.717) is 5.82 Å². The minimum Gasteiger partial charge on any atom is -0.384 e. The maximum atomic E-state index is 5.28. The molecule has 1 aliphatic heterocycles. The summed E-state index contributed by atoms with van der Waals surface area (Å²) in [6.07, 6.45) is 1.48. The summed E-state index contributed by atoms with van der Waals surface area (Å²) in [4.78, 5) is 10.5. The topological polar surface area (TPSA) is 222 Å². The van der Waals surface area contributed by atoms with Crippen LogP contribution in [-0.4, -0.2) is 26.0 Å². The molecule has 12 nitrogen and oxygen atoms in total. The van der Waals surface area contributed by atoms with Crippen LogP contribution in [0.4, 0.5) is 17.8 Å². The van der Waals surface area contributed by atoms with Crippen molar-refractivity contribution in [1.82, 2.24) is 25.6 Å². The standard InChI is InChI=1S/C3H6N6.C3H8N6/c4-1-7-2(5)9-3(6)8-1;4-2-1-3(5)8-9(6)7-2/h(H6,4,5,6,7,8,9);1,7H,4,6H2,(H2,5,8). The molecule has 0 spiro atoms. The van der Waals surface area contributed by atoms with Crippen LogP contribution >= 0.6 is 0 Å². The maximum Gasteiger partial charge on any atom is 0.226 e. The summed E-state index contributed by atoms with van der Waals surface area (Å²) >= 11 is 0. The molecule has 2 rings (SSSR count). The number of anilines is 3. The van der Waals surface area contributed by atoms with Crippen molar-refractivity contribution in [2.24, 2.45) is 22.4 Å². The van der Waals surface area contributed by atoms with Gasteiger partial charge in [-0.1, -0.05) is 0 Å². The summed E-state index contributed by atoms with van der Waals surface area (Å²) in [7, 11) is 0. The van der Waals surface area contributed by atoms with Gasteiger partial charge in [-0.15, -0.1) is 10.3 Å². The van der Waals surface area contributed by atoms with Gasteiger partial charge < -0.3 is 28.7 Å². The van der Waals surface area contributed by atoms with E-state index in [1.165, 1.54) is 6.08 Å². The summed E-state index contributed by atoms with van der Waals surface area (Å²) in [6.45, 7) is 0. The summed E-state index contributed by atoms with van der Waals surface area (Å²) in [5.41, 5.74) is 28.4. The van der Waals surface area contributed by atoms with Crippen molar-refractivity contribution in [2.75, 3.05) is 17.2 Å². The van der Waals surface area contributed by atoms with Crippen LogP contribution in [0.2, 0.25) is 0 Å². The Labute approximate surface area is 102 Å². The maximum absolute atomic E-state index is 5.28. The molecule has 12 heteroatoms. The first kappa shape index (κ1) is 13.0. The molecule has 1 aromatic rings. The van der Waals surface area contributed by atoms with Gasteiger partial charge in [-0.2, -0.15) is 15.0 Å². The zero-order valence-corrected chi connectivity index (χ0v) is 9.28. The summed E-state index contributed by atoms with van der Waals surface area (Å²) in [6, 6.07) is 0. The monoisotopic (exact) mass is 254 g/mol. The highest BCUT2D eigenvalue weighted by Gasteiger charge is 2.02. The van der Waals surface area contributed by atoms with Gasteiger partial charge in [0.25, 0.3) is 0 Å². The highest BCUT2D eigenvalue weighted by atomic mass is 15.8. The number of nitrogens with one attached hydrogen (secondary N) is 1. The van der Waals surface area contributed by atoms with E-state index in [-0.39, 0.29) is 23.7 Å². The Morgan fingerprint density at radius 3 is 1.67 bits per heavy atom. The lowest BCUT2D eigenvalue weighted by Crippen LogP contribution is -2.45. The fourth-order valence-electron chi connectivity index (χ4n) is 0.929. The van der Waals surface area contributed by atoms with Crippen molar-refractivity contribution < 1.29 is 0 Å². The number of nitrogens with zero attached hydrogens (tertiary/aromatic N) is 5. The second-order valence-corrected chi connectivity index (χ2v) is 2.99. The van der Waals surface area contributed by atoms with Gasteiger partial charge in [0.15, 0.2) is 5.84 Å². The van der Waals surface area contributed by atoms with E-state index < -0.39 is 0 Å². The smallest absolute Gasteiger partial charge is 0.226 e. The van der Waals surface area contributed by atoms with Crippen LogP contribution in [0.25, 0.3) is 0 Å². The quantitative estimate of drug-likeness (QED) is 0.223. The fourth-order valence-corrected chi connectivity index (χ4v) is 0.929. The highest BCUT2D eigenvalue weighted by Crippen LogP contribution is 1.97. The molecule has 1 aromatic heterocycles. The third-order valence-corrected chi connectivity index (χ3v) is 1.46. The summed E-state index contributed by atoms with van der Waals surface area (Å²) < 4.78 is 0. The average Bonchev–Trinajstić information content (AvgIpc) is 2.12. The largest absolute Gasteiger partial charge is 0.384 e. The van der Waals surface area contributed by atoms with E-state index in [9.17, 15) is 0 Å². The van der Waals surface area contributed by atoms with Crippen LogP contribution in [0, 0.1) is 0 Å². The Morgan fingerprint density at radius 1 is 0.889 bits per heavy atom. The Balaban J connectivity index is 0.000000180. The van der Waals surface area contributed by atoms with E-state index >= 15 is 0 Å². The van der Waals surface area contributed by atoms with Gasteiger partial charge in [0.05, 0.1) is 0 Å². The molecular weight excluding hydrogens is 240 g/mol. The normalized spacial score (nSPS) is 13.7. The predicted octanol–water partition coefficient (Wildman–Crippen LogP) is -3.63. The molecule has 0 saturated heterocycles. The zero-order valence-electron chi connectivity index (χ0n) is 9.28. The number of hydrogen-bond donors (Lipinski definition) is 7. The summed E-state index contributed by atoms with van der Waals surface area (Å²) in [5.74, 6) is 5.94. The molecule has 0 radical (unpaired) electrons. The van der Waals surface area contributed by atoms with Crippen molar-refractivity contribution in [3.05, 3.63) is 11.9 Å². The van der Waals surface area contributed by atoms with Crippen LogP contribution in [0.3, 0.4) is 0 Å². The predicted molar refractivity (Wildman–Crippen MR) is 66.1 cm³/mol. The van der Waals surface area contributed by atoms with Crippen molar-refractivity contribution in [3.8, 4) is 0 Å². The minimum absolute atomic E-state index is 0.0417. The van der Waals surface area contributed by atoms with Gasteiger partial charge in [0.2, 0.25) is 17.8 Å². The Bertz CT molecular complexity index is 427. The highest BCUT2D eigenvalue weighted by molar-refractivity contribution is 5.91. The SMILES string of the molecule is NC1=CC(N)=NN(N)N1.Nc1nc(N)nc(N)n1. The molecule has 13 N–H and O–H groups in total. The Morgan fingerprint density at radius 2 is 1.33 bits per heavy atom. The second kappa shape index (κ2) is 5.35. The number of nitrogen functional groups attached to an aromatic ring is 3. The van der Waals surface area contributed by atoms with Gasteiger partial charge in [0.1, 0.15) is 5.82 Å². The van der Waals surface area contributed by atoms with Gasteiger partial charge in [0, 0.05) is 6.08 Å². The molecule has 98 valence electrons. The number of amidine groups is 1. The average molecular weight is 254 g/mol. The molecule has 18 heavy (non-hydrogen) atoms. The van der Waals surface area contributed by atoms with Crippen LogP contribution in [0.5, 0.6) is 0 Å². The lowest BCUT2D eigenvalue weighted by atomic mass is 10.5. The Hall–Kier alpha value is -3.02. The lowest BCUT2D eigenvalue weighted by Gasteiger charge is -2.18. The first-order valence-electron chi connectivity index (χ1n) is 4.52. The molecule has 0 atom stereocenters. The van der Waals surface area contributed by atoms with E-state index in [4.69, 9.17) is 34.5 Å². The molecular formula is C6H14N12. The summed E-state index contributed by atoms with van der Waals surface area (Å²) in [5, 5.41) is 4.52. The van der Waals surface area contributed by atoms with Gasteiger partial charge >= 0.3 is 0 Å². The molecule has 2 heterocycles. The van der Waals surface area contributed by atoms with Crippen LogP contribution in [0.1, 0.15) is 0 Å². The van der Waals surface area contributed by atoms with E-state index in [2.05, 4.69) is 25.5 Å². The number of nitrogens with two attached hydrogens (primary N) is 6. The first-order valence-corrected chi connectivity index (χ1v) is 4.52. The molecule has 0 unspecified atom stereocenters. The molecule has 0 amide bonds. The van der Waals surface area contributed by atoms with E-state index in [1.54, 1.807) is 0 Å². The number of hydrazone groups is 1. The third kappa shape index (κ3) is 4.23. The number of hydrogen-bond acceptors (Lipinski definition) is 12. The fraction of sp³-hybridized carbons (Fsp3) is 0. The molecule has 0 fully saturated rings. The number of aromatic nitrogens is 3. The first-order chi connectivity index (χ1) is 8.36. The minimum atomic E-state index is 0.0417. The van der Waals surface area contributed by atoms with Gasteiger partial charge in [-0.25, -0.2) is 5.84 Å². The van der Waals surface area contributed by atoms with Crippen LogP contribution < -0.4 is 39.9 Å². The van der Waals surface area contributed by atoms with Gasteiger partial charge in [-0.3, -0.25) is 5.43 Å². The lowest BCUT2D eigenvalue weighted by molar-refractivity contribution is 0.224. The molecule has 1 aliphatic rings. The second-order valence-electron chi connectivity index (χ2n) is 2.99. The van der Waals surface area contributed by atoms with E-state index in [0.717, 1.165) is 5.23 Å². The Kier molecular flexibility index (Phi) is 3.88. The molecule has 0 aromatic carbocycles. The van der Waals surface area contributed by atoms with Crippen LogP contribution in [0.15, 0.2) is 17.0 Å². The van der Waals surface area contributed by atoms with Crippen molar-refractivity contribution in [3.63, 3.8) is 0 Å².